The standard InChI is InChI=1S/C12H10BrFN2O2S/c13-8-4-1-2-7-11(8)16-19(17,18)12-9(14)5-3-6-10(12)15/h1-7,16H,15H2. The van der Waals surface area contributed by atoms with Crippen LogP contribution in [-0.4, -0.2) is 8.42 Å². The molecule has 2 aromatic carbocycles. The van der Waals surface area contributed by atoms with Crippen molar-refractivity contribution in [2.24, 2.45) is 0 Å². The number of rotatable bonds is 3. The Morgan fingerprint density at radius 3 is 2.42 bits per heavy atom. The Kier molecular flexibility index (Phi) is 3.77. The van der Waals surface area contributed by atoms with Crippen LogP contribution in [-0.2, 0) is 10.0 Å². The number of hydrogen-bond acceptors (Lipinski definition) is 3. The third-order valence-electron chi connectivity index (χ3n) is 2.38. The van der Waals surface area contributed by atoms with Gasteiger partial charge in [0.05, 0.1) is 11.4 Å². The molecule has 0 atom stereocenters. The van der Waals surface area contributed by atoms with Crippen molar-refractivity contribution in [3.63, 3.8) is 0 Å². The maximum Gasteiger partial charge on any atom is 0.266 e. The van der Waals surface area contributed by atoms with E-state index in [-0.39, 0.29) is 5.69 Å². The number of nitrogens with two attached hydrogens (primary N) is 1. The Bertz CT molecular complexity index is 699. The molecule has 0 bridgehead atoms. The molecule has 0 amide bonds. The summed E-state index contributed by atoms with van der Waals surface area (Å²) in [7, 11) is -4.08. The molecule has 0 spiro atoms. The van der Waals surface area contributed by atoms with Crippen LogP contribution in [0.3, 0.4) is 0 Å². The molecule has 100 valence electrons. The number of anilines is 2. The van der Waals surface area contributed by atoms with Gasteiger partial charge in [-0.25, -0.2) is 12.8 Å². The SMILES string of the molecule is Nc1cccc(F)c1S(=O)(=O)Nc1ccccc1Br. The third-order valence-corrected chi connectivity index (χ3v) is 4.53. The van der Waals surface area contributed by atoms with Gasteiger partial charge in [0.25, 0.3) is 10.0 Å². The van der Waals surface area contributed by atoms with Gasteiger partial charge in [0.2, 0.25) is 0 Å². The van der Waals surface area contributed by atoms with Gasteiger partial charge < -0.3 is 5.73 Å². The highest BCUT2D eigenvalue weighted by molar-refractivity contribution is 9.10. The Balaban J connectivity index is 2.47. The predicted octanol–water partition coefficient (Wildman–Crippen LogP) is 2.97. The zero-order valence-corrected chi connectivity index (χ0v) is 12.0. The van der Waals surface area contributed by atoms with Crippen LogP contribution in [0.5, 0.6) is 0 Å². The number of nitrogen functional groups attached to an aromatic ring is 1. The Morgan fingerprint density at radius 1 is 1.11 bits per heavy atom. The van der Waals surface area contributed by atoms with E-state index >= 15 is 0 Å². The van der Waals surface area contributed by atoms with Gasteiger partial charge in [-0.3, -0.25) is 4.72 Å². The highest BCUT2D eigenvalue weighted by atomic mass is 79.9. The lowest BCUT2D eigenvalue weighted by Crippen LogP contribution is -2.16. The van der Waals surface area contributed by atoms with Gasteiger partial charge in [0.1, 0.15) is 10.7 Å². The van der Waals surface area contributed by atoms with Gasteiger partial charge in [0, 0.05) is 4.47 Å². The number of sulfonamides is 1. The average molecular weight is 345 g/mol. The van der Waals surface area contributed by atoms with Crippen molar-refractivity contribution in [3.05, 3.63) is 52.8 Å². The number of hydrogen-bond donors (Lipinski definition) is 2. The molecule has 3 N–H and O–H groups in total. The number of halogens is 2. The van der Waals surface area contributed by atoms with E-state index in [1.165, 1.54) is 12.1 Å². The van der Waals surface area contributed by atoms with Crippen LogP contribution in [0.2, 0.25) is 0 Å². The summed E-state index contributed by atoms with van der Waals surface area (Å²) in [6.45, 7) is 0. The fourth-order valence-corrected chi connectivity index (χ4v) is 3.34. The minimum atomic E-state index is -4.08. The predicted molar refractivity (Wildman–Crippen MR) is 75.8 cm³/mol. The van der Waals surface area contributed by atoms with Gasteiger partial charge in [-0.1, -0.05) is 18.2 Å². The highest BCUT2D eigenvalue weighted by Crippen LogP contribution is 2.27. The maximum atomic E-state index is 13.6. The van der Waals surface area contributed by atoms with Crippen molar-refractivity contribution in [3.8, 4) is 0 Å². The summed E-state index contributed by atoms with van der Waals surface area (Å²) in [5.41, 5.74) is 5.70. The van der Waals surface area contributed by atoms with Gasteiger partial charge >= 0.3 is 0 Å². The molecule has 0 radical (unpaired) electrons. The Morgan fingerprint density at radius 2 is 1.79 bits per heavy atom. The molecule has 2 aromatic rings. The van der Waals surface area contributed by atoms with Crippen LogP contribution >= 0.6 is 15.9 Å². The molecule has 0 heterocycles. The van der Waals surface area contributed by atoms with E-state index in [2.05, 4.69) is 20.7 Å². The van der Waals surface area contributed by atoms with E-state index in [0.29, 0.717) is 10.2 Å². The Hall–Kier alpha value is -1.60. The first-order chi connectivity index (χ1) is 8.92. The van der Waals surface area contributed by atoms with Crippen molar-refractivity contribution in [1.29, 1.82) is 0 Å². The van der Waals surface area contributed by atoms with Crippen molar-refractivity contribution in [2.75, 3.05) is 10.5 Å². The lowest BCUT2D eigenvalue weighted by molar-refractivity contribution is 0.572. The van der Waals surface area contributed by atoms with E-state index in [1.54, 1.807) is 24.3 Å². The Labute approximate surface area is 118 Å². The van der Waals surface area contributed by atoms with Gasteiger partial charge in [-0.05, 0) is 40.2 Å². The molecular weight excluding hydrogens is 335 g/mol. The van der Waals surface area contributed by atoms with Crippen LogP contribution in [0, 0.1) is 5.82 Å². The quantitative estimate of drug-likeness (QED) is 0.840. The van der Waals surface area contributed by atoms with Gasteiger partial charge in [-0.2, -0.15) is 0 Å². The maximum absolute atomic E-state index is 13.6. The molecule has 0 aliphatic rings. The molecule has 0 aliphatic carbocycles. The van der Waals surface area contributed by atoms with E-state index in [4.69, 9.17) is 5.73 Å². The number of para-hydroxylation sites is 1. The topological polar surface area (TPSA) is 72.2 Å². The lowest BCUT2D eigenvalue weighted by atomic mass is 10.3. The molecular formula is C12H10BrFN2O2S. The lowest BCUT2D eigenvalue weighted by Gasteiger charge is -2.11. The van der Waals surface area contributed by atoms with Crippen LogP contribution in [0.25, 0.3) is 0 Å². The molecule has 0 unspecified atom stereocenters. The fourth-order valence-electron chi connectivity index (χ4n) is 1.55. The second-order valence-corrected chi connectivity index (χ2v) is 6.22. The van der Waals surface area contributed by atoms with Crippen LogP contribution in [0.1, 0.15) is 0 Å². The average Bonchev–Trinajstić information content (AvgIpc) is 2.31. The zero-order valence-electron chi connectivity index (χ0n) is 9.60. The van der Waals surface area contributed by atoms with Crippen molar-refractivity contribution >= 4 is 37.3 Å². The third kappa shape index (κ3) is 2.87. The highest BCUT2D eigenvalue weighted by Gasteiger charge is 2.22. The summed E-state index contributed by atoms with van der Waals surface area (Å²) < 4.78 is 40.8. The van der Waals surface area contributed by atoms with Crippen LogP contribution in [0.15, 0.2) is 51.8 Å². The first-order valence-electron chi connectivity index (χ1n) is 5.23. The molecule has 2 rings (SSSR count). The first kappa shape index (κ1) is 13.8. The van der Waals surface area contributed by atoms with E-state index < -0.39 is 20.7 Å². The number of benzene rings is 2. The van der Waals surface area contributed by atoms with Gasteiger partial charge in [-0.15, -0.1) is 0 Å². The second kappa shape index (κ2) is 5.18. The minimum Gasteiger partial charge on any atom is -0.398 e. The molecule has 0 aliphatic heterocycles. The first-order valence-corrected chi connectivity index (χ1v) is 7.51. The fraction of sp³-hybridized carbons (Fsp3) is 0. The zero-order chi connectivity index (χ0) is 14.0. The van der Waals surface area contributed by atoms with E-state index in [0.717, 1.165) is 6.07 Å². The van der Waals surface area contributed by atoms with Crippen molar-refractivity contribution in [2.45, 2.75) is 4.90 Å². The smallest absolute Gasteiger partial charge is 0.266 e. The largest absolute Gasteiger partial charge is 0.398 e. The molecule has 0 saturated carbocycles. The summed E-state index contributed by atoms with van der Waals surface area (Å²) in [5.74, 6) is -0.889. The van der Waals surface area contributed by atoms with Gasteiger partial charge in [0.15, 0.2) is 0 Å². The summed E-state index contributed by atoms with van der Waals surface area (Å²) >= 11 is 3.21. The van der Waals surface area contributed by atoms with E-state index in [1.807, 2.05) is 0 Å². The second-order valence-electron chi connectivity index (χ2n) is 3.74. The van der Waals surface area contributed by atoms with Crippen molar-refractivity contribution < 1.29 is 12.8 Å². The molecule has 4 nitrogen and oxygen atoms in total. The summed E-state index contributed by atoms with van der Waals surface area (Å²) in [6, 6.07) is 10.3. The normalized spacial score (nSPS) is 11.3. The van der Waals surface area contributed by atoms with E-state index in [9.17, 15) is 12.8 Å². The molecule has 19 heavy (non-hydrogen) atoms. The molecule has 7 heteroatoms. The summed E-state index contributed by atoms with van der Waals surface area (Å²) in [5, 5.41) is 0. The molecule has 0 aromatic heterocycles. The van der Waals surface area contributed by atoms with Crippen molar-refractivity contribution in [1.82, 2.24) is 0 Å². The summed E-state index contributed by atoms with van der Waals surface area (Å²) in [6.07, 6.45) is 0. The molecule has 0 fully saturated rings. The molecule has 0 saturated heterocycles. The number of nitrogens with one attached hydrogen (secondary N) is 1. The summed E-state index contributed by atoms with van der Waals surface area (Å²) in [4.78, 5) is -0.550. The van der Waals surface area contributed by atoms with Crippen LogP contribution < -0.4 is 10.5 Å². The monoisotopic (exact) mass is 344 g/mol. The van der Waals surface area contributed by atoms with Crippen LogP contribution in [0.4, 0.5) is 15.8 Å². The minimum absolute atomic E-state index is 0.139.